The van der Waals surface area contributed by atoms with Gasteiger partial charge in [0.05, 0.1) is 11.8 Å². The van der Waals surface area contributed by atoms with Gasteiger partial charge in [-0.2, -0.15) is 0 Å². The van der Waals surface area contributed by atoms with Crippen LogP contribution in [0.3, 0.4) is 0 Å². The highest BCUT2D eigenvalue weighted by Crippen LogP contribution is 2.41. The molecule has 3 heterocycles. The number of nitrogens with zero attached hydrogens (tertiary/aromatic N) is 3. The number of aromatic nitrogens is 2. The summed E-state index contributed by atoms with van der Waals surface area (Å²) >= 11 is 0. The van der Waals surface area contributed by atoms with Gasteiger partial charge in [-0.25, -0.2) is 4.98 Å². The Morgan fingerprint density at radius 2 is 2.00 bits per heavy atom. The molecule has 1 saturated carbocycles. The standard InChI is InChI=1S/C20H28N4O3/c1-13-16(18(26)22-14(2)21-13)10-17(25)24-9-7-20(12-24)6-3-8-23(19(20)27)11-15-4-5-15/h15H,3-12H2,1-2H3,(H,21,22,26)/t20-/m0/s1. The van der Waals surface area contributed by atoms with E-state index in [-0.39, 0.29) is 23.8 Å². The van der Waals surface area contributed by atoms with Gasteiger partial charge in [0.2, 0.25) is 11.8 Å². The molecule has 4 rings (SSSR count). The van der Waals surface area contributed by atoms with Gasteiger partial charge in [0.15, 0.2) is 0 Å². The smallest absolute Gasteiger partial charge is 0.254 e. The molecule has 7 nitrogen and oxygen atoms in total. The number of H-pyrrole nitrogens is 1. The average molecular weight is 372 g/mol. The Morgan fingerprint density at radius 3 is 2.70 bits per heavy atom. The zero-order chi connectivity index (χ0) is 19.2. The van der Waals surface area contributed by atoms with Crippen LogP contribution in [0.25, 0.3) is 0 Å². The van der Waals surface area contributed by atoms with Crippen LogP contribution < -0.4 is 5.56 Å². The van der Waals surface area contributed by atoms with Gasteiger partial charge >= 0.3 is 0 Å². The first kappa shape index (κ1) is 18.2. The topological polar surface area (TPSA) is 86.4 Å². The van der Waals surface area contributed by atoms with Crippen molar-refractivity contribution in [2.45, 2.75) is 52.4 Å². The van der Waals surface area contributed by atoms with Gasteiger partial charge in [-0.05, 0) is 51.9 Å². The molecule has 2 amide bonds. The average Bonchev–Trinajstić information content (AvgIpc) is 3.33. The van der Waals surface area contributed by atoms with Crippen molar-refractivity contribution < 1.29 is 9.59 Å². The number of carbonyl (C=O) groups excluding carboxylic acids is 2. The maximum absolute atomic E-state index is 13.1. The molecular weight excluding hydrogens is 344 g/mol. The van der Waals surface area contributed by atoms with E-state index in [1.165, 1.54) is 12.8 Å². The van der Waals surface area contributed by atoms with E-state index in [2.05, 4.69) is 9.97 Å². The maximum atomic E-state index is 13.1. The van der Waals surface area contributed by atoms with Gasteiger partial charge in [-0.1, -0.05) is 0 Å². The number of aromatic amines is 1. The van der Waals surface area contributed by atoms with Crippen molar-refractivity contribution in [2.24, 2.45) is 11.3 Å². The Labute approximate surface area is 159 Å². The second-order valence-electron chi connectivity index (χ2n) is 8.54. The van der Waals surface area contributed by atoms with E-state index in [1.807, 2.05) is 4.90 Å². The number of likely N-dealkylation sites (tertiary alicyclic amines) is 2. The van der Waals surface area contributed by atoms with Gasteiger partial charge in [-0.15, -0.1) is 0 Å². The predicted octanol–water partition coefficient (Wildman–Crippen LogP) is 1.18. The summed E-state index contributed by atoms with van der Waals surface area (Å²) in [5.41, 5.74) is 0.377. The molecular formula is C20H28N4O3. The fraction of sp³-hybridized carbons (Fsp3) is 0.700. The minimum Gasteiger partial charge on any atom is -0.342 e. The number of rotatable bonds is 4. The predicted molar refractivity (Wildman–Crippen MR) is 100 cm³/mol. The number of piperidine rings is 1. The lowest BCUT2D eigenvalue weighted by atomic mass is 9.78. The Hall–Kier alpha value is -2.18. The van der Waals surface area contributed by atoms with Gasteiger partial charge in [0, 0.05) is 37.4 Å². The van der Waals surface area contributed by atoms with Crippen LogP contribution >= 0.6 is 0 Å². The largest absolute Gasteiger partial charge is 0.342 e. The summed E-state index contributed by atoms with van der Waals surface area (Å²) in [6.07, 6.45) is 5.13. The van der Waals surface area contributed by atoms with Gasteiger partial charge in [0.25, 0.3) is 5.56 Å². The Balaban J connectivity index is 1.45. The summed E-state index contributed by atoms with van der Waals surface area (Å²) in [5.74, 6) is 1.39. The zero-order valence-corrected chi connectivity index (χ0v) is 16.2. The summed E-state index contributed by atoms with van der Waals surface area (Å²) in [7, 11) is 0. The molecule has 3 fully saturated rings. The lowest BCUT2D eigenvalue weighted by Crippen LogP contribution is -2.51. The third-order valence-corrected chi connectivity index (χ3v) is 6.37. The number of amides is 2. The molecule has 2 saturated heterocycles. The molecule has 1 spiro atoms. The molecule has 0 radical (unpaired) electrons. The Morgan fingerprint density at radius 1 is 1.22 bits per heavy atom. The molecule has 0 aromatic carbocycles. The molecule has 0 unspecified atom stereocenters. The van der Waals surface area contributed by atoms with Gasteiger partial charge < -0.3 is 14.8 Å². The third kappa shape index (κ3) is 3.51. The number of nitrogens with one attached hydrogen (secondary N) is 1. The van der Waals surface area contributed by atoms with Crippen LogP contribution in [0.1, 0.15) is 49.2 Å². The highest BCUT2D eigenvalue weighted by molar-refractivity contribution is 5.86. The van der Waals surface area contributed by atoms with Crippen LogP contribution in [0, 0.1) is 25.2 Å². The first-order valence-electron chi connectivity index (χ1n) is 10.0. The molecule has 3 aliphatic rings. The lowest BCUT2D eigenvalue weighted by Gasteiger charge is -2.39. The van der Waals surface area contributed by atoms with Crippen LogP contribution in [0.4, 0.5) is 0 Å². The van der Waals surface area contributed by atoms with Crippen LogP contribution in [0.5, 0.6) is 0 Å². The maximum Gasteiger partial charge on any atom is 0.254 e. The molecule has 1 aromatic rings. The van der Waals surface area contributed by atoms with E-state index < -0.39 is 5.41 Å². The molecule has 27 heavy (non-hydrogen) atoms. The SMILES string of the molecule is Cc1nc(C)c(CC(=O)N2CC[C@@]3(CCCN(CC4CC4)C3=O)C2)c(=O)[nH]1. The molecule has 7 heteroatoms. The minimum absolute atomic E-state index is 0.0461. The van der Waals surface area contributed by atoms with Crippen molar-refractivity contribution in [2.75, 3.05) is 26.2 Å². The van der Waals surface area contributed by atoms with Crippen molar-refractivity contribution in [3.05, 3.63) is 27.4 Å². The quantitative estimate of drug-likeness (QED) is 0.860. The van der Waals surface area contributed by atoms with Gasteiger partial charge in [-0.3, -0.25) is 14.4 Å². The van der Waals surface area contributed by atoms with E-state index in [0.717, 1.165) is 32.4 Å². The van der Waals surface area contributed by atoms with Crippen LogP contribution in [-0.4, -0.2) is 57.8 Å². The van der Waals surface area contributed by atoms with Crippen LogP contribution in [0.2, 0.25) is 0 Å². The third-order valence-electron chi connectivity index (χ3n) is 6.37. The Bertz CT molecular complexity index is 829. The van der Waals surface area contributed by atoms with Crippen LogP contribution in [0.15, 0.2) is 4.79 Å². The van der Waals surface area contributed by atoms with E-state index in [9.17, 15) is 14.4 Å². The first-order valence-corrected chi connectivity index (χ1v) is 10.0. The van der Waals surface area contributed by atoms with E-state index in [0.29, 0.717) is 36.1 Å². The van der Waals surface area contributed by atoms with Gasteiger partial charge in [0.1, 0.15) is 5.82 Å². The number of hydrogen-bond donors (Lipinski definition) is 1. The summed E-state index contributed by atoms with van der Waals surface area (Å²) in [5, 5.41) is 0. The number of hydrogen-bond acceptors (Lipinski definition) is 4. The molecule has 1 aliphatic carbocycles. The second kappa shape index (κ2) is 6.77. The zero-order valence-electron chi connectivity index (χ0n) is 16.2. The second-order valence-corrected chi connectivity index (χ2v) is 8.54. The van der Waals surface area contributed by atoms with E-state index in [4.69, 9.17) is 0 Å². The van der Waals surface area contributed by atoms with Crippen molar-refractivity contribution in [3.8, 4) is 0 Å². The highest BCUT2D eigenvalue weighted by Gasteiger charge is 2.49. The minimum atomic E-state index is -0.407. The number of aryl methyl sites for hydroxylation is 2. The normalized spacial score (nSPS) is 25.5. The Kier molecular flexibility index (Phi) is 4.56. The summed E-state index contributed by atoms with van der Waals surface area (Å²) in [4.78, 5) is 48.9. The summed E-state index contributed by atoms with van der Waals surface area (Å²) < 4.78 is 0. The molecule has 1 atom stereocenters. The van der Waals surface area contributed by atoms with Crippen molar-refractivity contribution >= 4 is 11.8 Å². The lowest BCUT2D eigenvalue weighted by molar-refractivity contribution is -0.146. The first-order chi connectivity index (χ1) is 12.9. The molecule has 2 aliphatic heterocycles. The summed E-state index contributed by atoms with van der Waals surface area (Å²) in [6, 6.07) is 0. The highest BCUT2D eigenvalue weighted by atomic mass is 16.2. The molecule has 1 N–H and O–H groups in total. The monoisotopic (exact) mass is 372 g/mol. The molecule has 0 bridgehead atoms. The van der Waals surface area contributed by atoms with Crippen LogP contribution in [-0.2, 0) is 16.0 Å². The van der Waals surface area contributed by atoms with Crippen molar-refractivity contribution in [1.82, 2.24) is 19.8 Å². The fourth-order valence-electron chi connectivity index (χ4n) is 4.62. The molecule has 146 valence electrons. The number of carbonyl (C=O) groups is 2. The fourth-order valence-corrected chi connectivity index (χ4v) is 4.62. The molecule has 1 aromatic heterocycles. The summed E-state index contributed by atoms with van der Waals surface area (Å²) in [6.45, 7) is 6.32. The van der Waals surface area contributed by atoms with Crippen molar-refractivity contribution in [3.63, 3.8) is 0 Å². The van der Waals surface area contributed by atoms with E-state index >= 15 is 0 Å². The van der Waals surface area contributed by atoms with E-state index in [1.54, 1.807) is 18.7 Å². The van der Waals surface area contributed by atoms with Crippen molar-refractivity contribution in [1.29, 1.82) is 0 Å².